The molecular formula is C21H18N2O6. The van der Waals surface area contributed by atoms with Crippen LogP contribution in [0.1, 0.15) is 21.7 Å². The maximum Gasteiger partial charge on any atom is 0.374 e. The van der Waals surface area contributed by atoms with E-state index in [1.165, 1.54) is 30.3 Å². The molecule has 1 aromatic heterocycles. The van der Waals surface area contributed by atoms with E-state index in [4.69, 9.17) is 9.15 Å². The van der Waals surface area contributed by atoms with E-state index >= 15 is 0 Å². The predicted molar refractivity (Wildman–Crippen MR) is 106 cm³/mol. The molecule has 0 atom stereocenters. The zero-order valence-corrected chi connectivity index (χ0v) is 15.8. The summed E-state index contributed by atoms with van der Waals surface area (Å²) in [6.45, 7) is 3.36. The molecule has 0 radical (unpaired) electrons. The molecule has 3 aromatic rings. The molecule has 1 N–H and O–H groups in total. The lowest BCUT2D eigenvalue weighted by atomic mass is 10.1. The van der Waals surface area contributed by atoms with E-state index in [0.717, 1.165) is 11.1 Å². The highest BCUT2D eigenvalue weighted by Gasteiger charge is 2.16. The Kier molecular flexibility index (Phi) is 5.73. The van der Waals surface area contributed by atoms with Crippen LogP contribution in [0.5, 0.6) is 0 Å². The number of hydrogen-bond acceptors (Lipinski definition) is 6. The number of nitrogens with zero attached hydrogens (tertiary/aromatic N) is 1. The number of esters is 1. The highest BCUT2D eigenvalue weighted by Crippen LogP contribution is 2.25. The molecule has 0 unspecified atom stereocenters. The van der Waals surface area contributed by atoms with Gasteiger partial charge in [0.2, 0.25) is 5.76 Å². The van der Waals surface area contributed by atoms with E-state index in [1.807, 2.05) is 26.0 Å². The Balaban J connectivity index is 1.59. The van der Waals surface area contributed by atoms with Crippen LogP contribution in [-0.2, 0) is 9.53 Å². The van der Waals surface area contributed by atoms with Crippen LogP contribution >= 0.6 is 0 Å². The summed E-state index contributed by atoms with van der Waals surface area (Å²) in [6.07, 6.45) is 0. The molecule has 0 bridgehead atoms. The molecule has 0 aliphatic heterocycles. The number of ether oxygens (including phenoxy) is 1. The van der Waals surface area contributed by atoms with E-state index in [9.17, 15) is 19.7 Å². The van der Waals surface area contributed by atoms with Crippen molar-refractivity contribution in [2.24, 2.45) is 0 Å². The van der Waals surface area contributed by atoms with Gasteiger partial charge in [0.05, 0.1) is 4.92 Å². The van der Waals surface area contributed by atoms with E-state index in [2.05, 4.69) is 5.32 Å². The molecule has 0 aliphatic carbocycles. The number of carbonyl (C=O) groups is 2. The number of nitrogens with one attached hydrogen (secondary N) is 1. The average molecular weight is 394 g/mol. The number of carbonyl (C=O) groups excluding carboxylic acids is 2. The highest BCUT2D eigenvalue weighted by molar-refractivity contribution is 5.95. The van der Waals surface area contributed by atoms with Crippen LogP contribution in [0.3, 0.4) is 0 Å². The van der Waals surface area contributed by atoms with Gasteiger partial charge in [0.25, 0.3) is 11.6 Å². The lowest BCUT2D eigenvalue weighted by Crippen LogP contribution is -2.21. The summed E-state index contributed by atoms with van der Waals surface area (Å²) in [7, 11) is 0. The van der Waals surface area contributed by atoms with Gasteiger partial charge >= 0.3 is 5.97 Å². The van der Waals surface area contributed by atoms with Gasteiger partial charge in [0.15, 0.2) is 6.61 Å². The summed E-state index contributed by atoms with van der Waals surface area (Å²) in [5.74, 6) is -0.965. The largest absolute Gasteiger partial charge is 0.450 e. The third-order valence-electron chi connectivity index (χ3n) is 4.38. The van der Waals surface area contributed by atoms with Crippen LogP contribution < -0.4 is 5.32 Å². The normalized spacial score (nSPS) is 10.4. The Morgan fingerprint density at radius 2 is 1.79 bits per heavy atom. The molecule has 0 spiro atoms. The van der Waals surface area contributed by atoms with Crippen molar-refractivity contribution in [3.05, 3.63) is 81.6 Å². The fourth-order valence-corrected chi connectivity index (χ4v) is 2.63. The molecule has 0 aliphatic rings. The highest BCUT2D eigenvalue weighted by atomic mass is 16.6. The Hall–Kier alpha value is -3.94. The molecule has 2 aromatic carbocycles. The minimum atomic E-state index is -0.783. The number of benzene rings is 2. The smallest absolute Gasteiger partial charge is 0.374 e. The van der Waals surface area contributed by atoms with E-state index < -0.39 is 23.4 Å². The molecular weight excluding hydrogens is 376 g/mol. The van der Waals surface area contributed by atoms with Crippen molar-refractivity contribution in [2.45, 2.75) is 13.8 Å². The standard InChI is InChI=1S/C21H18N2O6/c1-13-4-3-5-17(14(13)2)22-20(24)12-28-21(25)19-11-10-18(29-19)15-6-8-16(9-7-15)23(26)27/h3-11H,12H2,1-2H3,(H,22,24). The lowest BCUT2D eigenvalue weighted by molar-refractivity contribution is -0.384. The zero-order valence-electron chi connectivity index (χ0n) is 15.8. The van der Waals surface area contributed by atoms with E-state index in [-0.39, 0.29) is 11.4 Å². The van der Waals surface area contributed by atoms with Crippen LogP contribution in [0.25, 0.3) is 11.3 Å². The first-order valence-corrected chi connectivity index (χ1v) is 8.73. The molecule has 3 rings (SSSR count). The zero-order chi connectivity index (χ0) is 21.0. The minimum absolute atomic E-state index is 0.0465. The van der Waals surface area contributed by atoms with Gasteiger partial charge < -0.3 is 14.5 Å². The van der Waals surface area contributed by atoms with Gasteiger partial charge in [-0.3, -0.25) is 14.9 Å². The summed E-state index contributed by atoms with van der Waals surface area (Å²) in [6, 6.07) is 14.2. The number of aryl methyl sites for hydroxylation is 1. The Morgan fingerprint density at radius 3 is 2.48 bits per heavy atom. The van der Waals surface area contributed by atoms with Gasteiger partial charge in [-0.25, -0.2) is 4.79 Å². The second-order valence-corrected chi connectivity index (χ2v) is 6.34. The maximum absolute atomic E-state index is 12.1. The van der Waals surface area contributed by atoms with Gasteiger partial charge in [-0.05, 0) is 55.3 Å². The summed E-state index contributed by atoms with van der Waals surface area (Å²) in [5, 5.41) is 13.4. The first-order chi connectivity index (χ1) is 13.8. The number of non-ortho nitro benzene ring substituents is 1. The molecule has 29 heavy (non-hydrogen) atoms. The second-order valence-electron chi connectivity index (χ2n) is 6.34. The average Bonchev–Trinajstić information content (AvgIpc) is 3.20. The van der Waals surface area contributed by atoms with Crippen molar-refractivity contribution in [1.29, 1.82) is 0 Å². The Labute approximate surface area is 166 Å². The monoisotopic (exact) mass is 394 g/mol. The summed E-state index contributed by atoms with van der Waals surface area (Å²) in [5.41, 5.74) is 3.15. The third-order valence-corrected chi connectivity index (χ3v) is 4.38. The van der Waals surface area contributed by atoms with Crippen molar-refractivity contribution in [1.82, 2.24) is 0 Å². The third kappa shape index (κ3) is 4.67. The van der Waals surface area contributed by atoms with E-state index in [0.29, 0.717) is 17.0 Å². The number of furan rings is 1. The number of anilines is 1. The van der Waals surface area contributed by atoms with Crippen LogP contribution in [0.4, 0.5) is 11.4 Å². The second kappa shape index (κ2) is 8.39. The number of rotatable bonds is 6. The fraction of sp³-hybridized carbons (Fsp3) is 0.143. The first-order valence-electron chi connectivity index (χ1n) is 8.73. The maximum atomic E-state index is 12.1. The van der Waals surface area contributed by atoms with Crippen LogP contribution in [0.2, 0.25) is 0 Å². The molecule has 8 heteroatoms. The van der Waals surface area contributed by atoms with Crippen LogP contribution in [0.15, 0.2) is 59.0 Å². The Bertz CT molecular complexity index is 1070. The SMILES string of the molecule is Cc1cccc(NC(=O)COC(=O)c2ccc(-c3ccc([N+](=O)[O-])cc3)o2)c1C. The van der Waals surface area contributed by atoms with Gasteiger partial charge in [0, 0.05) is 23.4 Å². The van der Waals surface area contributed by atoms with Crippen molar-refractivity contribution >= 4 is 23.3 Å². The van der Waals surface area contributed by atoms with Crippen molar-refractivity contribution in [2.75, 3.05) is 11.9 Å². The lowest BCUT2D eigenvalue weighted by Gasteiger charge is -2.10. The first kappa shape index (κ1) is 19.8. The fourth-order valence-electron chi connectivity index (χ4n) is 2.63. The van der Waals surface area contributed by atoms with Gasteiger partial charge in [-0.1, -0.05) is 12.1 Å². The molecule has 148 valence electrons. The van der Waals surface area contributed by atoms with Crippen LogP contribution in [0, 0.1) is 24.0 Å². The van der Waals surface area contributed by atoms with Crippen molar-refractivity contribution in [3.63, 3.8) is 0 Å². The van der Waals surface area contributed by atoms with Gasteiger partial charge in [0.1, 0.15) is 5.76 Å². The number of hydrogen-bond donors (Lipinski definition) is 1. The molecule has 0 saturated carbocycles. The summed E-state index contributed by atoms with van der Waals surface area (Å²) in [4.78, 5) is 34.4. The van der Waals surface area contributed by atoms with Crippen LogP contribution in [-0.4, -0.2) is 23.4 Å². The quantitative estimate of drug-likeness (QED) is 0.380. The molecule has 1 amide bonds. The number of nitro benzene ring substituents is 1. The molecule has 8 nitrogen and oxygen atoms in total. The number of nitro groups is 1. The minimum Gasteiger partial charge on any atom is -0.450 e. The van der Waals surface area contributed by atoms with Gasteiger partial charge in [-0.15, -0.1) is 0 Å². The van der Waals surface area contributed by atoms with Crippen molar-refractivity contribution < 1.29 is 23.7 Å². The summed E-state index contributed by atoms with van der Waals surface area (Å²) < 4.78 is 10.4. The Morgan fingerprint density at radius 1 is 1.07 bits per heavy atom. The van der Waals surface area contributed by atoms with Crippen molar-refractivity contribution in [3.8, 4) is 11.3 Å². The molecule has 1 heterocycles. The predicted octanol–water partition coefficient (Wildman–Crippen LogP) is 4.27. The van der Waals surface area contributed by atoms with Gasteiger partial charge in [-0.2, -0.15) is 0 Å². The number of amides is 1. The topological polar surface area (TPSA) is 112 Å². The van der Waals surface area contributed by atoms with E-state index in [1.54, 1.807) is 12.1 Å². The molecule has 0 fully saturated rings. The summed E-state index contributed by atoms with van der Waals surface area (Å²) >= 11 is 0. The molecule has 0 saturated heterocycles.